The Morgan fingerprint density at radius 3 is 2.63 bits per heavy atom. The zero-order chi connectivity index (χ0) is 14.4. The molecular weight excluding hydrogens is 251 g/mol. The smallest absolute Gasteiger partial charge is 0.317 e. The number of nitrogens with two attached hydrogens (primary N) is 1. The van der Waals surface area contributed by atoms with E-state index in [1.807, 2.05) is 0 Å². The summed E-state index contributed by atoms with van der Waals surface area (Å²) in [6.07, 6.45) is 1.54. The number of carbonyl (C=O) groups is 2. The van der Waals surface area contributed by atoms with Gasteiger partial charge in [0.25, 0.3) is 0 Å². The molecule has 1 rings (SSSR count). The predicted octanol–water partition coefficient (Wildman–Crippen LogP) is 0.997. The summed E-state index contributed by atoms with van der Waals surface area (Å²) in [5, 5.41) is 8.74. The van der Waals surface area contributed by atoms with Crippen LogP contribution in [0.15, 0.2) is 30.9 Å². The van der Waals surface area contributed by atoms with E-state index >= 15 is 0 Å². The van der Waals surface area contributed by atoms with Crippen molar-refractivity contribution in [1.29, 1.82) is 0 Å². The second kappa shape index (κ2) is 6.65. The average molecular weight is 266 g/mol. The minimum atomic E-state index is -1.00. The molecule has 0 aliphatic carbocycles. The van der Waals surface area contributed by atoms with E-state index in [0.717, 1.165) is 6.07 Å². The highest BCUT2D eigenvalue weighted by molar-refractivity contribution is 5.92. The SMILES string of the molecule is C=CCN(CC(=O)O)Cc1ccc(C(N)=O)cc1F. The zero-order valence-corrected chi connectivity index (χ0v) is 10.3. The number of carboxylic acid groups (broad SMARTS) is 1. The molecule has 0 atom stereocenters. The van der Waals surface area contributed by atoms with Crippen molar-refractivity contribution >= 4 is 11.9 Å². The molecule has 0 saturated carbocycles. The van der Waals surface area contributed by atoms with Gasteiger partial charge in [0.15, 0.2) is 0 Å². The molecule has 0 heterocycles. The summed E-state index contributed by atoms with van der Waals surface area (Å²) in [7, 11) is 0. The zero-order valence-electron chi connectivity index (χ0n) is 10.3. The molecule has 1 amide bonds. The number of benzene rings is 1. The van der Waals surface area contributed by atoms with Crippen molar-refractivity contribution in [3.63, 3.8) is 0 Å². The summed E-state index contributed by atoms with van der Waals surface area (Å²) in [6, 6.07) is 3.88. The highest BCUT2D eigenvalue weighted by Crippen LogP contribution is 2.13. The van der Waals surface area contributed by atoms with E-state index in [1.54, 1.807) is 6.08 Å². The van der Waals surface area contributed by atoms with E-state index < -0.39 is 17.7 Å². The van der Waals surface area contributed by atoms with Crippen molar-refractivity contribution in [2.75, 3.05) is 13.1 Å². The number of nitrogens with zero attached hydrogens (tertiary/aromatic N) is 1. The molecule has 0 radical (unpaired) electrons. The van der Waals surface area contributed by atoms with E-state index in [9.17, 15) is 14.0 Å². The Morgan fingerprint density at radius 2 is 2.16 bits per heavy atom. The monoisotopic (exact) mass is 266 g/mol. The van der Waals surface area contributed by atoms with Crippen LogP contribution >= 0.6 is 0 Å². The summed E-state index contributed by atoms with van der Waals surface area (Å²) >= 11 is 0. The van der Waals surface area contributed by atoms with Gasteiger partial charge in [-0.15, -0.1) is 6.58 Å². The van der Waals surface area contributed by atoms with Crippen LogP contribution < -0.4 is 5.73 Å². The first-order chi connectivity index (χ1) is 8.93. The minimum absolute atomic E-state index is 0.0785. The maximum atomic E-state index is 13.7. The van der Waals surface area contributed by atoms with Crippen LogP contribution in [-0.2, 0) is 11.3 Å². The van der Waals surface area contributed by atoms with E-state index in [-0.39, 0.29) is 18.7 Å². The van der Waals surface area contributed by atoms with Crippen molar-refractivity contribution in [2.24, 2.45) is 5.73 Å². The largest absolute Gasteiger partial charge is 0.480 e. The summed E-state index contributed by atoms with van der Waals surface area (Å²) in [5.41, 5.74) is 5.42. The lowest BCUT2D eigenvalue weighted by Gasteiger charge is -2.18. The number of primary amides is 1. The molecule has 102 valence electrons. The van der Waals surface area contributed by atoms with Crippen LogP contribution in [0.4, 0.5) is 4.39 Å². The van der Waals surface area contributed by atoms with Gasteiger partial charge in [-0.25, -0.2) is 4.39 Å². The normalized spacial score (nSPS) is 10.4. The fourth-order valence-electron chi connectivity index (χ4n) is 1.63. The van der Waals surface area contributed by atoms with Crippen LogP contribution in [0.2, 0.25) is 0 Å². The van der Waals surface area contributed by atoms with Gasteiger partial charge in [0, 0.05) is 24.2 Å². The summed E-state index contributed by atoms with van der Waals surface area (Å²) in [6.45, 7) is 3.74. The highest BCUT2D eigenvalue weighted by atomic mass is 19.1. The fourth-order valence-corrected chi connectivity index (χ4v) is 1.63. The number of rotatable bonds is 7. The number of hydrogen-bond donors (Lipinski definition) is 2. The lowest BCUT2D eigenvalue weighted by atomic mass is 10.1. The Bertz CT molecular complexity index is 503. The molecule has 5 nitrogen and oxygen atoms in total. The minimum Gasteiger partial charge on any atom is -0.480 e. The van der Waals surface area contributed by atoms with Crippen LogP contribution in [0, 0.1) is 5.82 Å². The van der Waals surface area contributed by atoms with E-state index in [4.69, 9.17) is 10.8 Å². The van der Waals surface area contributed by atoms with Crippen molar-refractivity contribution in [1.82, 2.24) is 4.90 Å². The molecule has 0 bridgehead atoms. The van der Waals surface area contributed by atoms with Crippen molar-refractivity contribution in [3.8, 4) is 0 Å². The fraction of sp³-hybridized carbons (Fsp3) is 0.231. The quantitative estimate of drug-likeness (QED) is 0.721. The molecule has 0 aliphatic heterocycles. The third kappa shape index (κ3) is 4.51. The van der Waals surface area contributed by atoms with Crippen LogP contribution in [0.1, 0.15) is 15.9 Å². The first-order valence-corrected chi connectivity index (χ1v) is 5.57. The van der Waals surface area contributed by atoms with E-state index in [0.29, 0.717) is 12.1 Å². The van der Waals surface area contributed by atoms with Crippen LogP contribution in [0.3, 0.4) is 0 Å². The molecular formula is C13H15FN2O3. The predicted molar refractivity (Wildman–Crippen MR) is 68.0 cm³/mol. The van der Waals surface area contributed by atoms with Crippen LogP contribution in [-0.4, -0.2) is 35.0 Å². The van der Waals surface area contributed by atoms with Gasteiger partial charge in [-0.3, -0.25) is 14.5 Å². The Morgan fingerprint density at radius 1 is 1.47 bits per heavy atom. The van der Waals surface area contributed by atoms with Crippen LogP contribution in [0.25, 0.3) is 0 Å². The second-order valence-corrected chi connectivity index (χ2v) is 4.02. The van der Waals surface area contributed by atoms with Crippen LogP contribution in [0.5, 0.6) is 0 Å². The summed E-state index contributed by atoms with van der Waals surface area (Å²) < 4.78 is 13.7. The number of carbonyl (C=O) groups excluding carboxylic acids is 1. The molecule has 6 heteroatoms. The maximum absolute atomic E-state index is 13.7. The first-order valence-electron chi connectivity index (χ1n) is 5.57. The van der Waals surface area contributed by atoms with Gasteiger partial charge in [0.2, 0.25) is 5.91 Å². The summed E-state index contributed by atoms with van der Waals surface area (Å²) in [4.78, 5) is 23.1. The molecule has 19 heavy (non-hydrogen) atoms. The third-order valence-electron chi connectivity index (χ3n) is 2.48. The maximum Gasteiger partial charge on any atom is 0.317 e. The van der Waals surface area contributed by atoms with E-state index in [1.165, 1.54) is 17.0 Å². The van der Waals surface area contributed by atoms with Gasteiger partial charge in [0.05, 0.1) is 6.54 Å². The van der Waals surface area contributed by atoms with Crippen molar-refractivity contribution in [2.45, 2.75) is 6.54 Å². The Labute approximate surface area is 110 Å². The van der Waals surface area contributed by atoms with Gasteiger partial charge in [-0.2, -0.15) is 0 Å². The van der Waals surface area contributed by atoms with Crippen molar-refractivity contribution in [3.05, 3.63) is 47.8 Å². The first kappa shape index (κ1) is 14.8. The Hall–Kier alpha value is -2.21. The number of aliphatic carboxylic acids is 1. The van der Waals surface area contributed by atoms with Gasteiger partial charge >= 0.3 is 5.97 Å². The third-order valence-corrected chi connectivity index (χ3v) is 2.48. The molecule has 1 aromatic rings. The number of carboxylic acids is 1. The molecule has 0 saturated heterocycles. The Kier molecular flexibility index (Phi) is 5.20. The molecule has 3 N–H and O–H groups in total. The molecule has 0 fully saturated rings. The van der Waals surface area contributed by atoms with Crippen molar-refractivity contribution < 1.29 is 19.1 Å². The summed E-state index contributed by atoms with van der Waals surface area (Å²) in [5.74, 6) is -2.30. The lowest BCUT2D eigenvalue weighted by molar-refractivity contribution is -0.138. The number of hydrogen-bond acceptors (Lipinski definition) is 3. The molecule has 0 unspecified atom stereocenters. The molecule has 1 aromatic carbocycles. The number of amides is 1. The van der Waals surface area contributed by atoms with Gasteiger partial charge in [-0.05, 0) is 12.1 Å². The van der Waals surface area contributed by atoms with Gasteiger partial charge < -0.3 is 10.8 Å². The topological polar surface area (TPSA) is 83.6 Å². The van der Waals surface area contributed by atoms with Gasteiger partial charge in [0.1, 0.15) is 5.82 Å². The highest BCUT2D eigenvalue weighted by Gasteiger charge is 2.13. The second-order valence-electron chi connectivity index (χ2n) is 4.02. The van der Waals surface area contributed by atoms with Gasteiger partial charge in [-0.1, -0.05) is 12.1 Å². The average Bonchev–Trinajstić information content (AvgIpc) is 2.31. The standard InChI is InChI=1S/C13H15FN2O3/c1-2-5-16(8-12(17)18)7-10-4-3-9(13(15)19)6-11(10)14/h2-4,6H,1,5,7-8H2,(H2,15,19)(H,17,18). The van der Waals surface area contributed by atoms with E-state index in [2.05, 4.69) is 6.58 Å². The lowest BCUT2D eigenvalue weighted by Crippen LogP contribution is -2.29. The molecule has 0 spiro atoms. The molecule has 0 aromatic heterocycles. The number of halogens is 1. The Balaban J connectivity index is 2.87. The molecule has 0 aliphatic rings.